The van der Waals surface area contributed by atoms with Gasteiger partial charge in [-0.2, -0.15) is 4.57 Å². The maximum atomic E-state index is 8.49. The second-order valence-corrected chi connectivity index (χ2v) is 12.4. The summed E-state index contributed by atoms with van der Waals surface area (Å²) in [4.78, 5) is 2.33. The highest BCUT2D eigenvalue weighted by Gasteiger charge is 2.37. The number of hydrogen-bond acceptors (Lipinski definition) is 5. The quantitative estimate of drug-likeness (QED) is 0.582. The number of allylic oxidation sites excluding steroid dienone is 3. The molecule has 0 unspecified atom stereocenters. The third-order valence-electron chi connectivity index (χ3n) is 6.44. The summed E-state index contributed by atoms with van der Waals surface area (Å²) in [6.07, 6.45) is 6.75. The molecule has 2 aromatic rings. The number of fused-ring (bicyclic) bond motifs is 1. The number of halogens is 1. The summed E-state index contributed by atoms with van der Waals surface area (Å²) in [6, 6.07) is 13.4. The maximum Gasteiger partial charge on any atom is 0.205 e. The molecule has 3 rings (SSSR count). The Morgan fingerprint density at radius 1 is 0.914 bits per heavy atom. The van der Waals surface area contributed by atoms with Crippen molar-refractivity contribution in [1.29, 1.82) is 0 Å². The van der Waals surface area contributed by atoms with Gasteiger partial charge in [-0.05, 0) is 28.7 Å². The number of pyridine rings is 1. The molecule has 0 N–H and O–H groups in total. The number of likely N-dealkylation sites (N-methyl/N-ethyl adjacent to an activating group) is 1. The van der Waals surface area contributed by atoms with Gasteiger partial charge in [-0.3, -0.25) is 0 Å². The molecule has 1 aromatic heterocycles. The van der Waals surface area contributed by atoms with Crippen molar-refractivity contribution in [2.45, 2.75) is 71.6 Å². The van der Waals surface area contributed by atoms with Crippen molar-refractivity contribution in [3.05, 3.63) is 76.8 Å². The van der Waals surface area contributed by atoms with Crippen LogP contribution < -0.4 is 28.1 Å². The van der Waals surface area contributed by atoms with Crippen molar-refractivity contribution in [1.82, 2.24) is 0 Å². The minimum Gasteiger partial charge on any atom is -0.347 e. The third kappa shape index (κ3) is 7.15. The second-order valence-electron chi connectivity index (χ2n) is 11.6. The highest BCUT2D eigenvalue weighted by Crippen LogP contribution is 2.46. The van der Waals surface area contributed by atoms with Crippen LogP contribution in [0.2, 0.25) is 0 Å². The first-order chi connectivity index (χ1) is 15.7. The Balaban J connectivity index is 0.000000784. The molecule has 6 nitrogen and oxygen atoms in total. The summed E-state index contributed by atoms with van der Waals surface area (Å²) in [5.41, 5.74) is 8.20. The summed E-state index contributed by atoms with van der Waals surface area (Å²) >= 11 is 0. The van der Waals surface area contributed by atoms with Crippen LogP contribution in [0.1, 0.15) is 77.9 Å². The van der Waals surface area contributed by atoms with Crippen LogP contribution in [0.5, 0.6) is 0 Å². The van der Waals surface area contributed by atoms with Gasteiger partial charge in [-0.1, -0.05) is 79.7 Å². The van der Waals surface area contributed by atoms with Gasteiger partial charge in [0.25, 0.3) is 0 Å². The monoisotopic (exact) mass is 502 g/mol. The molecule has 192 valence electrons. The number of hydrogen-bond donors (Lipinski definition) is 0. The molecule has 2 heterocycles. The van der Waals surface area contributed by atoms with Crippen LogP contribution in [0.25, 0.3) is 6.08 Å². The number of para-hydroxylation sites is 1. The van der Waals surface area contributed by atoms with E-state index in [0.29, 0.717) is 0 Å². The van der Waals surface area contributed by atoms with E-state index in [2.05, 4.69) is 134 Å². The number of anilines is 1. The van der Waals surface area contributed by atoms with E-state index >= 15 is 0 Å². The number of rotatable bonds is 2. The summed E-state index contributed by atoms with van der Waals surface area (Å²) < 4.78 is 36.3. The summed E-state index contributed by atoms with van der Waals surface area (Å²) in [6.45, 7) is 18.4. The standard InChI is InChI=1S/C28H39N2.ClHO4/c1-26(2,3)20-18-21(29(9)25(19-20)27(4,5)6)14-13-17-24-28(7,8)22-15-11-12-16-23(22)30(24)10;2-1(3,4)5/h11-19H,1-10H3;(H,2,3,4,5)/q+1;/p-1. The molecule has 1 aliphatic heterocycles. The van der Waals surface area contributed by atoms with Crippen molar-refractivity contribution in [2.75, 3.05) is 11.9 Å². The summed E-state index contributed by atoms with van der Waals surface area (Å²) in [7, 11) is -0.591. The van der Waals surface area contributed by atoms with Crippen molar-refractivity contribution in [3.63, 3.8) is 0 Å². The normalized spacial score (nSPS) is 17.0. The van der Waals surface area contributed by atoms with E-state index in [4.69, 9.17) is 18.6 Å². The Bertz CT molecular complexity index is 1110. The lowest BCUT2D eigenvalue weighted by atomic mass is 9.82. The van der Waals surface area contributed by atoms with Gasteiger partial charge in [0.05, 0.1) is 0 Å². The van der Waals surface area contributed by atoms with Gasteiger partial charge < -0.3 is 4.90 Å². The largest absolute Gasteiger partial charge is 0.347 e. The van der Waals surface area contributed by atoms with Gasteiger partial charge in [-0.15, -0.1) is 10.2 Å². The molecule has 0 fully saturated rings. The van der Waals surface area contributed by atoms with E-state index in [9.17, 15) is 0 Å². The molecule has 0 amide bonds. The van der Waals surface area contributed by atoms with Crippen LogP contribution >= 0.6 is 0 Å². The van der Waals surface area contributed by atoms with Gasteiger partial charge in [0.15, 0.2) is 5.69 Å². The van der Waals surface area contributed by atoms with E-state index in [-0.39, 0.29) is 16.2 Å². The van der Waals surface area contributed by atoms with Crippen LogP contribution in [0.4, 0.5) is 5.69 Å². The van der Waals surface area contributed by atoms with Crippen molar-refractivity contribution >= 4 is 11.8 Å². The fourth-order valence-corrected chi connectivity index (χ4v) is 4.53. The van der Waals surface area contributed by atoms with E-state index in [1.807, 2.05) is 0 Å². The molecule has 0 radical (unpaired) electrons. The van der Waals surface area contributed by atoms with Gasteiger partial charge in [-0.25, -0.2) is 18.6 Å². The second kappa shape index (κ2) is 10.0. The van der Waals surface area contributed by atoms with E-state index < -0.39 is 10.2 Å². The summed E-state index contributed by atoms with van der Waals surface area (Å²) in [5.74, 6) is 0. The molecule has 1 aliphatic rings. The van der Waals surface area contributed by atoms with Gasteiger partial charge in [0, 0.05) is 47.5 Å². The number of nitrogens with zero attached hydrogens (tertiary/aromatic N) is 2. The SMILES string of the molecule is CN1/C(=C/C=C/c2cc(C(C)(C)C)cc(C(C)(C)C)[n+]2C)C(C)(C)c2ccccc21.[O-][Cl+3]([O-])([O-])[O-]. The zero-order valence-electron chi connectivity index (χ0n) is 22.6. The molecule has 0 bridgehead atoms. The van der Waals surface area contributed by atoms with Crippen LogP contribution in [-0.4, -0.2) is 7.05 Å². The predicted molar refractivity (Wildman–Crippen MR) is 130 cm³/mol. The first-order valence-electron chi connectivity index (χ1n) is 11.6. The molecular formula is C28H39ClN2O4. The first-order valence-corrected chi connectivity index (χ1v) is 12.9. The van der Waals surface area contributed by atoms with E-state index in [1.54, 1.807) is 0 Å². The van der Waals surface area contributed by atoms with Crippen molar-refractivity contribution in [3.8, 4) is 0 Å². The van der Waals surface area contributed by atoms with Crippen LogP contribution in [0.3, 0.4) is 0 Å². The Morgan fingerprint density at radius 2 is 1.46 bits per heavy atom. The lowest BCUT2D eigenvalue weighted by Crippen LogP contribution is -2.68. The van der Waals surface area contributed by atoms with Crippen LogP contribution in [0, 0.1) is 10.2 Å². The number of aromatic nitrogens is 1. The highest BCUT2D eigenvalue weighted by atomic mass is 35.7. The molecule has 0 aliphatic carbocycles. The first kappa shape index (κ1) is 29.0. The topological polar surface area (TPSA) is 99.4 Å². The molecule has 0 spiro atoms. The molecule has 0 saturated heterocycles. The van der Waals surface area contributed by atoms with Gasteiger partial charge in [0.2, 0.25) is 5.69 Å². The minimum atomic E-state index is -4.94. The molecule has 0 atom stereocenters. The summed E-state index contributed by atoms with van der Waals surface area (Å²) in [5, 5.41) is 0. The fraction of sp³-hybridized carbons (Fsp3) is 0.464. The van der Waals surface area contributed by atoms with E-state index in [0.717, 1.165) is 0 Å². The van der Waals surface area contributed by atoms with Crippen LogP contribution in [-0.2, 0) is 23.3 Å². The lowest BCUT2D eigenvalue weighted by molar-refractivity contribution is -2.00. The minimum absolute atomic E-state index is 0.00169. The molecule has 0 saturated carbocycles. The van der Waals surface area contributed by atoms with Crippen molar-refractivity contribution < 1.29 is 33.4 Å². The molecule has 35 heavy (non-hydrogen) atoms. The average Bonchev–Trinajstić information content (AvgIpc) is 2.87. The highest BCUT2D eigenvalue weighted by molar-refractivity contribution is 5.70. The molecular weight excluding hydrogens is 464 g/mol. The molecule has 7 heteroatoms. The maximum absolute atomic E-state index is 8.49. The predicted octanol–water partition coefficient (Wildman–Crippen LogP) is 1.67. The van der Waals surface area contributed by atoms with Gasteiger partial charge in [0.1, 0.15) is 7.05 Å². The third-order valence-corrected chi connectivity index (χ3v) is 6.44. The van der Waals surface area contributed by atoms with Crippen LogP contribution in [0.15, 0.2) is 54.2 Å². The Morgan fingerprint density at radius 3 is 1.94 bits per heavy atom. The number of benzene rings is 1. The van der Waals surface area contributed by atoms with E-state index in [1.165, 1.54) is 33.9 Å². The lowest BCUT2D eigenvalue weighted by Gasteiger charge is -2.24. The smallest absolute Gasteiger partial charge is 0.205 e. The van der Waals surface area contributed by atoms with Crippen molar-refractivity contribution in [2.24, 2.45) is 7.05 Å². The zero-order valence-corrected chi connectivity index (χ0v) is 23.4. The average molecular weight is 503 g/mol. The Kier molecular flexibility index (Phi) is 8.32. The fourth-order valence-electron chi connectivity index (χ4n) is 4.53. The molecule has 1 aromatic carbocycles. The zero-order chi connectivity index (χ0) is 27.0. The Labute approximate surface area is 212 Å². The van der Waals surface area contributed by atoms with Gasteiger partial charge >= 0.3 is 0 Å². The Hall–Kier alpha value is -2.22.